The normalized spacial score (nSPS) is 12.9. The second-order valence-electron chi connectivity index (χ2n) is 3.14. The van der Waals surface area contributed by atoms with Gasteiger partial charge in [-0.2, -0.15) is 5.48 Å². The second-order valence-corrected chi connectivity index (χ2v) is 4.89. The summed E-state index contributed by atoms with van der Waals surface area (Å²) < 4.78 is 6.13. The minimum atomic E-state index is -0.104. The van der Waals surface area contributed by atoms with Gasteiger partial charge in [0.15, 0.2) is 0 Å². The number of rotatable bonds is 5. The Labute approximate surface area is 103 Å². The summed E-state index contributed by atoms with van der Waals surface area (Å²) in [4.78, 5) is 6.30. The smallest absolute Gasteiger partial charge is 0.128 e. The summed E-state index contributed by atoms with van der Waals surface area (Å²) in [5, 5.41) is 0. The zero-order valence-corrected chi connectivity index (χ0v) is 10.3. The molecule has 2 aromatic rings. The Morgan fingerprint density at radius 1 is 1.50 bits per heavy atom. The average molecular weight is 258 g/mol. The summed E-state index contributed by atoms with van der Waals surface area (Å²) in [5.74, 6) is 0.812. The molecule has 0 fully saturated rings. The summed E-state index contributed by atoms with van der Waals surface area (Å²) >= 11 is 7.43. The first-order chi connectivity index (χ1) is 7.81. The number of halogens is 1. The highest BCUT2D eigenvalue weighted by molar-refractivity contribution is 7.16. The fourth-order valence-corrected chi connectivity index (χ4v) is 2.47. The van der Waals surface area contributed by atoms with Gasteiger partial charge in [0, 0.05) is 4.88 Å². The van der Waals surface area contributed by atoms with Crippen LogP contribution in [-0.4, -0.2) is 6.61 Å². The molecule has 2 heterocycles. The van der Waals surface area contributed by atoms with E-state index in [9.17, 15) is 0 Å². The Kier molecular flexibility index (Phi) is 4.01. The van der Waals surface area contributed by atoms with Crippen molar-refractivity contribution in [3.8, 4) is 0 Å². The van der Waals surface area contributed by atoms with Crippen molar-refractivity contribution in [2.24, 2.45) is 0 Å². The van der Waals surface area contributed by atoms with Crippen LogP contribution >= 0.6 is 22.9 Å². The minimum Gasteiger partial charge on any atom is -0.467 e. The molecule has 2 rings (SSSR count). The Balaban J connectivity index is 2.21. The second kappa shape index (κ2) is 5.50. The van der Waals surface area contributed by atoms with Crippen LogP contribution in [0, 0.1) is 0 Å². The molecular formula is C11H12ClNO2S. The van der Waals surface area contributed by atoms with Crippen molar-refractivity contribution in [1.29, 1.82) is 0 Å². The molecule has 1 unspecified atom stereocenters. The molecule has 0 aliphatic rings. The molecule has 0 bridgehead atoms. The standard InChI is InChI=1S/C11H12ClNO2S/c1-2-15-13-11(8-4-3-7-14-8)9-5-6-10(12)16-9/h3-7,11,13H,2H2,1H3. The number of hydroxylamine groups is 1. The van der Waals surface area contributed by atoms with Crippen LogP contribution < -0.4 is 5.48 Å². The van der Waals surface area contributed by atoms with Crippen molar-refractivity contribution in [3.05, 3.63) is 45.5 Å². The fourth-order valence-electron chi connectivity index (χ4n) is 1.36. The average Bonchev–Trinajstić information content (AvgIpc) is 2.91. The van der Waals surface area contributed by atoms with Gasteiger partial charge in [0.05, 0.1) is 17.2 Å². The van der Waals surface area contributed by atoms with Gasteiger partial charge in [0.1, 0.15) is 11.8 Å². The van der Waals surface area contributed by atoms with Gasteiger partial charge in [-0.25, -0.2) is 0 Å². The molecule has 86 valence electrons. The van der Waals surface area contributed by atoms with Gasteiger partial charge < -0.3 is 9.25 Å². The van der Waals surface area contributed by atoms with Crippen LogP contribution in [-0.2, 0) is 4.84 Å². The zero-order chi connectivity index (χ0) is 11.4. The Morgan fingerprint density at radius 3 is 2.94 bits per heavy atom. The van der Waals surface area contributed by atoms with Crippen LogP contribution in [0.3, 0.4) is 0 Å². The number of thiophene rings is 1. The van der Waals surface area contributed by atoms with Crippen molar-refractivity contribution in [3.63, 3.8) is 0 Å². The molecular weight excluding hydrogens is 246 g/mol. The maximum atomic E-state index is 5.92. The third-order valence-corrected chi connectivity index (χ3v) is 3.35. The van der Waals surface area contributed by atoms with Gasteiger partial charge in [-0.3, -0.25) is 0 Å². The fraction of sp³-hybridized carbons (Fsp3) is 0.273. The maximum absolute atomic E-state index is 5.92. The first kappa shape index (κ1) is 11.7. The van der Waals surface area contributed by atoms with Crippen molar-refractivity contribution >= 4 is 22.9 Å². The summed E-state index contributed by atoms with van der Waals surface area (Å²) in [6.45, 7) is 2.52. The van der Waals surface area contributed by atoms with E-state index in [2.05, 4.69) is 5.48 Å². The van der Waals surface area contributed by atoms with Crippen molar-refractivity contribution in [2.45, 2.75) is 13.0 Å². The zero-order valence-electron chi connectivity index (χ0n) is 8.77. The molecule has 0 saturated carbocycles. The number of hydrogen-bond donors (Lipinski definition) is 1. The van der Waals surface area contributed by atoms with Crippen LogP contribution in [0.1, 0.15) is 23.6 Å². The largest absolute Gasteiger partial charge is 0.467 e. The number of nitrogens with one attached hydrogen (secondary N) is 1. The summed E-state index contributed by atoms with van der Waals surface area (Å²) in [6.07, 6.45) is 1.64. The van der Waals surface area contributed by atoms with E-state index < -0.39 is 0 Å². The van der Waals surface area contributed by atoms with Crippen LogP contribution in [0.2, 0.25) is 4.34 Å². The molecule has 0 amide bonds. The SMILES string of the molecule is CCONC(c1ccco1)c1ccc(Cl)s1. The molecule has 5 heteroatoms. The molecule has 16 heavy (non-hydrogen) atoms. The van der Waals surface area contributed by atoms with E-state index in [0.717, 1.165) is 15.0 Å². The predicted molar refractivity (Wildman–Crippen MR) is 64.6 cm³/mol. The quantitative estimate of drug-likeness (QED) is 0.831. The van der Waals surface area contributed by atoms with Crippen LogP contribution in [0.4, 0.5) is 0 Å². The first-order valence-electron chi connectivity index (χ1n) is 4.97. The lowest BCUT2D eigenvalue weighted by molar-refractivity contribution is 0.0296. The molecule has 1 atom stereocenters. The van der Waals surface area contributed by atoms with Gasteiger partial charge in [-0.15, -0.1) is 11.3 Å². The van der Waals surface area contributed by atoms with Gasteiger partial charge in [-0.05, 0) is 31.2 Å². The predicted octanol–water partition coefficient (Wildman–Crippen LogP) is 3.63. The molecule has 0 aliphatic carbocycles. The molecule has 0 aromatic carbocycles. The molecule has 1 N–H and O–H groups in total. The van der Waals surface area contributed by atoms with E-state index in [0.29, 0.717) is 6.61 Å². The third-order valence-electron chi connectivity index (χ3n) is 2.05. The van der Waals surface area contributed by atoms with E-state index >= 15 is 0 Å². The van der Waals surface area contributed by atoms with E-state index in [1.54, 1.807) is 6.26 Å². The van der Waals surface area contributed by atoms with Crippen molar-refractivity contribution < 1.29 is 9.25 Å². The molecule has 2 aromatic heterocycles. The monoisotopic (exact) mass is 257 g/mol. The Hall–Kier alpha value is -0.810. The summed E-state index contributed by atoms with van der Waals surface area (Å²) in [5.41, 5.74) is 2.96. The third kappa shape index (κ3) is 2.65. The lowest BCUT2D eigenvalue weighted by atomic mass is 10.2. The van der Waals surface area contributed by atoms with E-state index in [1.165, 1.54) is 11.3 Å². The van der Waals surface area contributed by atoms with E-state index in [1.807, 2.05) is 31.2 Å². The minimum absolute atomic E-state index is 0.104. The maximum Gasteiger partial charge on any atom is 0.128 e. The van der Waals surface area contributed by atoms with Gasteiger partial charge in [0.2, 0.25) is 0 Å². The van der Waals surface area contributed by atoms with E-state index in [4.69, 9.17) is 20.9 Å². The highest BCUT2D eigenvalue weighted by Crippen LogP contribution is 2.31. The molecule has 3 nitrogen and oxygen atoms in total. The summed E-state index contributed by atoms with van der Waals surface area (Å²) in [7, 11) is 0. The van der Waals surface area contributed by atoms with Crippen LogP contribution in [0.5, 0.6) is 0 Å². The van der Waals surface area contributed by atoms with Gasteiger partial charge in [0.25, 0.3) is 0 Å². The van der Waals surface area contributed by atoms with Crippen LogP contribution in [0.25, 0.3) is 0 Å². The Morgan fingerprint density at radius 2 is 2.38 bits per heavy atom. The molecule has 0 spiro atoms. The van der Waals surface area contributed by atoms with Crippen LogP contribution in [0.15, 0.2) is 34.9 Å². The first-order valence-corrected chi connectivity index (χ1v) is 6.16. The van der Waals surface area contributed by atoms with Crippen molar-refractivity contribution in [1.82, 2.24) is 5.48 Å². The Bertz CT molecular complexity index is 427. The topological polar surface area (TPSA) is 34.4 Å². The molecule has 0 radical (unpaired) electrons. The summed E-state index contributed by atoms with van der Waals surface area (Å²) in [6, 6.07) is 7.49. The van der Waals surface area contributed by atoms with Gasteiger partial charge >= 0.3 is 0 Å². The van der Waals surface area contributed by atoms with E-state index in [-0.39, 0.29) is 6.04 Å². The molecule has 0 aliphatic heterocycles. The number of furan rings is 1. The highest BCUT2D eigenvalue weighted by Gasteiger charge is 2.18. The lowest BCUT2D eigenvalue weighted by Gasteiger charge is -2.13. The lowest BCUT2D eigenvalue weighted by Crippen LogP contribution is -2.21. The van der Waals surface area contributed by atoms with Gasteiger partial charge in [-0.1, -0.05) is 11.6 Å². The highest BCUT2D eigenvalue weighted by atomic mass is 35.5. The van der Waals surface area contributed by atoms with Crippen molar-refractivity contribution in [2.75, 3.05) is 6.61 Å². The number of hydrogen-bond acceptors (Lipinski definition) is 4. The molecule has 0 saturated heterocycles.